The van der Waals surface area contributed by atoms with Gasteiger partial charge in [-0.25, -0.2) is 13.1 Å². The maximum Gasteiger partial charge on any atom is 0.271 e. The number of non-ortho nitro benzene ring substituents is 1. The maximum absolute atomic E-state index is 12.8. The minimum atomic E-state index is -4.04. The fourth-order valence-corrected chi connectivity index (χ4v) is 4.14. The monoisotopic (exact) mass is 364 g/mol. The summed E-state index contributed by atoms with van der Waals surface area (Å²) in [6.45, 7) is 0.371. The van der Waals surface area contributed by atoms with E-state index in [1.807, 2.05) is 0 Å². The van der Waals surface area contributed by atoms with Crippen LogP contribution in [0.1, 0.15) is 18.0 Å². The lowest BCUT2D eigenvalue weighted by atomic mass is 10.0. The van der Waals surface area contributed by atoms with Crippen molar-refractivity contribution in [2.24, 2.45) is 0 Å². The predicted molar refractivity (Wildman–Crippen MR) is 89.3 cm³/mol. The average molecular weight is 364 g/mol. The first kappa shape index (κ1) is 17.2. The van der Waals surface area contributed by atoms with E-state index in [1.54, 1.807) is 24.3 Å². The van der Waals surface area contributed by atoms with Crippen LogP contribution in [-0.4, -0.2) is 27.1 Å². The van der Waals surface area contributed by atoms with Crippen molar-refractivity contribution < 1.29 is 22.8 Å². The van der Waals surface area contributed by atoms with Crippen molar-refractivity contribution in [1.29, 1.82) is 0 Å². The van der Waals surface area contributed by atoms with Crippen LogP contribution in [0.25, 0.3) is 0 Å². The highest BCUT2D eigenvalue weighted by atomic mass is 32.2. The number of para-hydroxylation sites is 1. The van der Waals surface area contributed by atoms with Crippen LogP contribution < -0.4 is 14.2 Å². The van der Waals surface area contributed by atoms with Crippen molar-refractivity contribution in [3.63, 3.8) is 0 Å². The third kappa shape index (κ3) is 3.42. The smallest absolute Gasteiger partial charge is 0.271 e. The molecule has 1 N–H and O–H groups in total. The molecule has 132 valence electrons. The third-order valence-corrected chi connectivity index (χ3v) is 5.40. The highest BCUT2D eigenvalue weighted by Gasteiger charge is 2.29. The third-order valence-electron chi connectivity index (χ3n) is 3.90. The van der Waals surface area contributed by atoms with E-state index in [0.29, 0.717) is 18.8 Å². The average Bonchev–Trinajstić information content (AvgIpc) is 2.61. The highest BCUT2D eigenvalue weighted by molar-refractivity contribution is 7.89. The summed E-state index contributed by atoms with van der Waals surface area (Å²) in [4.78, 5) is 10.0. The maximum atomic E-state index is 12.8. The number of sulfonamides is 1. The van der Waals surface area contributed by atoms with E-state index in [0.717, 1.165) is 11.6 Å². The van der Waals surface area contributed by atoms with Crippen molar-refractivity contribution in [3.8, 4) is 11.5 Å². The first-order valence-electron chi connectivity index (χ1n) is 7.49. The molecule has 0 unspecified atom stereocenters. The fourth-order valence-electron chi connectivity index (χ4n) is 2.70. The molecule has 3 rings (SSSR count). The summed E-state index contributed by atoms with van der Waals surface area (Å²) in [5, 5.41) is 11.0. The van der Waals surface area contributed by atoms with Crippen LogP contribution >= 0.6 is 0 Å². The number of hydrogen-bond donors (Lipinski definition) is 1. The van der Waals surface area contributed by atoms with Crippen LogP contribution in [0, 0.1) is 10.1 Å². The Morgan fingerprint density at radius 2 is 2.04 bits per heavy atom. The number of fused-ring (bicyclic) bond motifs is 1. The molecule has 0 amide bonds. The van der Waals surface area contributed by atoms with Gasteiger partial charge in [-0.2, -0.15) is 0 Å². The van der Waals surface area contributed by atoms with Gasteiger partial charge in [0.2, 0.25) is 10.0 Å². The Labute approximate surface area is 144 Å². The topological polar surface area (TPSA) is 108 Å². The zero-order valence-corrected chi connectivity index (χ0v) is 14.2. The number of nitrogens with one attached hydrogen (secondary N) is 1. The molecule has 2 aromatic carbocycles. The molecule has 0 fully saturated rings. The Morgan fingerprint density at radius 3 is 2.76 bits per heavy atom. The number of hydrogen-bond acceptors (Lipinski definition) is 6. The molecule has 0 bridgehead atoms. The van der Waals surface area contributed by atoms with Crippen LogP contribution in [0.3, 0.4) is 0 Å². The van der Waals surface area contributed by atoms with Gasteiger partial charge in [0.25, 0.3) is 5.69 Å². The standard InChI is InChI=1S/C16H16N2O6S/c1-23-15-7-6-11(18(19)20)10-16(15)25(21,22)17-13-8-9-24-14-5-3-2-4-12(13)14/h2-7,10,13,17H,8-9H2,1H3/t13-/m1/s1. The Hall–Kier alpha value is -2.65. The molecule has 25 heavy (non-hydrogen) atoms. The van der Waals surface area contributed by atoms with Gasteiger partial charge in [0, 0.05) is 24.1 Å². The number of benzene rings is 2. The summed E-state index contributed by atoms with van der Waals surface area (Å²) in [6.07, 6.45) is 0.452. The molecule has 1 atom stereocenters. The van der Waals surface area contributed by atoms with E-state index in [2.05, 4.69) is 4.72 Å². The summed E-state index contributed by atoms with van der Waals surface area (Å²) in [5.74, 6) is 0.658. The van der Waals surface area contributed by atoms with E-state index in [9.17, 15) is 18.5 Å². The van der Waals surface area contributed by atoms with Crippen LogP contribution in [0.2, 0.25) is 0 Å². The lowest BCUT2D eigenvalue weighted by Gasteiger charge is -2.26. The molecule has 1 aliphatic rings. The van der Waals surface area contributed by atoms with Gasteiger partial charge in [0.1, 0.15) is 16.4 Å². The van der Waals surface area contributed by atoms with Crippen molar-refractivity contribution in [3.05, 3.63) is 58.1 Å². The first-order valence-corrected chi connectivity index (χ1v) is 8.97. The van der Waals surface area contributed by atoms with Crippen molar-refractivity contribution in [1.82, 2.24) is 4.72 Å². The number of methoxy groups -OCH3 is 1. The van der Waals surface area contributed by atoms with Gasteiger partial charge in [-0.05, 0) is 12.1 Å². The summed E-state index contributed by atoms with van der Waals surface area (Å²) in [6, 6.07) is 10.1. The molecule has 9 heteroatoms. The first-order chi connectivity index (χ1) is 11.9. The van der Waals surface area contributed by atoms with E-state index >= 15 is 0 Å². The van der Waals surface area contributed by atoms with Crippen LogP contribution in [0.15, 0.2) is 47.4 Å². The zero-order chi connectivity index (χ0) is 18.0. The molecule has 0 saturated carbocycles. The summed E-state index contributed by atoms with van der Waals surface area (Å²) >= 11 is 0. The predicted octanol–water partition coefficient (Wildman–Crippen LogP) is 2.41. The van der Waals surface area contributed by atoms with E-state index in [-0.39, 0.29) is 16.3 Å². The summed E-state index contributed by atoms with van der Waals surface area (Å²) < 4.78 is 38.8. The second-order valence-electron chi connectivity index (χ2n) is 5.44. The minimum absolute atomic E-state index is 0.0402. The van der Waals surface area contributed by atoms with Gasteiger partial charge in [-0.1, -0.05) is 18.2 Å². The van der Waals surface area contributed by atoms with Gasteiger partial charge in [-0.3, -0.25) is 10.1 Å². The van der Waals surface area contributed by atoms with Gasteiger partial charge < -0.3 is 9.47 Å². The number of ether oxygens (including phenoxy) is 2. The van der Waals surface area contributed by atoms with Crippen LogP contribution in [0.4, 0.5) is 5.69 Å². The number of rotatable bonds is 5. The molecule has 0 aliphatic carbocycles. The van der Waals surface area contributed by atoms with Gasteiger partial charge in [0.15, 0.2) is 0 Å². The quantitative estimate of drug-likeness (QED) is 0.645. The highest BCUT2D eigenvalue weighted by Crippen LogP contribution is 2.34. The summed E-state index contributed by atoms with van der Waals surface area (Å²) in [7, 11) is -2.73. The minimum Gasteiger partial charge on any atom is -0.495 e. The van der Waals surface area contributed by atoms with Gasteiger partial charge in [-0.15, -0.1) is 0 Å². The molecule has 1 aliphatic heterocycles. The van der Waals surface area contributed by atoms with Crippen LogP contribution in [-0.2, 0) is 10.0 Å². The lowest BCUT2D eigenvalue weighted by Crippen LogP contribution is -2.32. The van der Waals surface area contributed by atoms with Crippen molar-refractivity contribution in [2.45, 2.75) is 17.4 Å². The molecule has 2 aromatic rings. The van der Waals surface area contributed by atoms with E-state index < -0.39 is 21.0 Å². The second kappa shape index (κ2) is 6.69. The van der Waals surface area contributed by atoms with Gasteiger partial charge in [0.05, 0.1) is 24.7 Å². The number of nitro benzene ring substituents is 1. The molecular formula is C16H16N2O6S. The SMILES string of the molecule is COc1ccc([N+](=O)[O-])cc1S(=O)(=O)N[C@@H]1CCOc2ccccc21. The molecular weight excluding hydrogens is 348 g/mol. The Balaban J connectivity index is 1.98. The van der Waals surface area contributed by atoms with Crippen molar-refractivity contribution in [2.75, 3.05) is 13.7 Å². The Bertz CT molecular complexity index is 913. The zero-order valence-electron chi connectivity index (χ0n) is 13.3. The molecule has 1 heterocycles. The van der Waals surface area contributed by atoms with E-state index in [4.69, 9.17) is 9.47 Å². The summed E-state index contributed by atoms with van der Waals surface area (Å²) in [5.41, 5.74) is 0.398. The van der Waals surface area contributed by atoms with Crippen LogP contribution in [0.5, 0.6) is 11.5 Å². The number of nitrogens with zero attached hydrogens (tertiary/aromatic N) is 1. The normalized spacial score (nSPS) is 16.6. The lowest BCUT2D eigenvalue weighted by molar-refractivity contribution is -0.385. The molecule has 0 radical (unpaired) electrons. The molecule has 8 nitrogen and oxygen atoms in total. The molecule has 0 spiro atoms. The molecule has 0 aromatic heterocycles. The fraction of sp³-hybridized carbons (Fsp3) is 0.250. The molecule has 0 saturated heterocycles. The number of nitro groups is 1. The van der Waals surface area contributed by atoms with E-state index in [1.165, 1.54) is 19.2 Å². The van der Waals surface area contributed by atoms with Crippen molar-refractivity contribution >= 4 is 15.7 Å². The largest absolute Gasteiger partial charge is 0.495 e. The Morgan fingerprint density at radius 1 is 1.28 bits per heavy atom. The Kier molecular flexibility index (Phi) is 4.60. The van der Waals surface area contributed by atoms with Gasteiger partial charge >= 0.3 is 0 Å². The second-order valence-corrected chi connectivity index (χ2v) is 7.12.